The van der Waals surface area contributed by atoms with Crippen LogP contribution in [0.15, 0.2) is 27.6 Å². The summed E-state index contributed by atoms with van der Waals surface area (Å²) in [5.41, 5.74) is 0.481. The molecule has 0 saturated carbocycles. The molecule has 1 atom stereocenters. The highest BCUT2D eigenvalue weighted by molar-refractivity contribution is 9.10. The van der Waals surface area contributed by atoms with Crippen molar-refractivity contribution in [2.24, 2.45) is 0 Å². The van der Waals surface area contributed by atoms with Crippen LogP contribution in [0.1, 0.15) is 19.4 Å². The SMILES string of the molecule is CCOC(=O)COc1ccc(Br)cc1/C=C1/SC(=O)N([C@@H](C)C(=O)OC)C1=O. The summed E-state index contributed by atoms with van der Waals surface area (Å²) in [5.74, 6) is -1.48. The van der Waals surface area contributed by atoms with Gasteiger partial charge in [-0.15, -0.1) is 0 Å². The third kappa shape index (κ3) is 5.14. The molecule has 8 nitrogen and oxygen atoms in total. The minimum Gasteiger partial charge on any atom is -0.481 e. The number of methoxy groups -OCH3 is 1. The Balaban J connectivity index is 2.28. The number of rotatable bonds is 7. The molecule has 1 aliphatic rings. The number of halogens is 1. The van der Waals surface area contributed by atoms with Crippen LogP contribution in [0.25, 0.3) is 6.08 Å². The van der Waals surface area contributed by atoms with E-state index < -0.39 is 29.1 Å². The molecule has 0 bridgehead atoms. The normalized spacial score (nSPS) is 16.3. The lowest BCUT2D eigenvalue weighted by atomic mass is 10.1. The van der Waals surface area contributed by atoms with Gasteiger partial charge in [0.15, 0.2) is 6.61 Å². The Bertz CT molecular complexity index is 839. The largest absolute Gasteiger partial charge is 0.481 e. The Labute approximate surface area is 174 Å². The first-order chi connectivity index (χ1) is 13.3. The molecule has 1 saturated heterocycles. The minimum atomic E-state index is -1.04. The molecule has 0 N–H and O–H groups in total. The second-order valence-corrected chi connectivity index (χ2v) is 7.44. The van der Waals surface area contributed by atoms with E-state index in [-0.39, 0.29) is 18.1 Å². The molecule has 2 amide bonds. The van der Waals surface area contributed by atoms with Crippen LogP contribution in [0.4, 0.5) is 4.79 Å². The van der Waals surface area contributed by atoms with Crippen LogP contribution in [0, 0.1) is 0 Å². The van der Waals surface area contributed by atoms with E-state index in [1.54, 1.807) is 25.1 Å². The second kappa shape index (κ2) is 9.74. The highest BCUT2D eigenvalue weighted by Gasteiger charge is 2.41. The van der Waals surface area contributed by atoms with Crippen molar-refractivity contribution in [3.05, 3.63) is 33.1 Å². The van der Waals surface area contributed by atoms with E-state index in [0.29, 0.717) is 27.5 Å². The van der Waals surface area contributed by atoms with Crippen molar-refractivity contribution in [2.45, 2.75) is 19.9 Å². The lowest BCUT2D eigenvalue weighted by molar-refractivity contribution is -0.148. The smallest absolute Gasteiger partial charge is 0.344 e. The van der Waals surface area contributed by atoms with Gasteiger partial charge >= 0.3 is 11.9 Å². The molecule has 1 fully saturated rings. The summed E-state index contributed by atoms with van der Waals surface area (Å²) in [4.78, 5) is 49.0. The maximum absolute atomic E-state index is 12.6. The molecule has 150 valence electrons. The number of hydrogen-bond acceptors (Lipinski definition) is 8. The monoisotopic (exact) mass is 471 g/mol. The van der Waals surface area contributed by atoms with Crippen molar-refractivity contribution in [2.75, 3.05) is 20.3 Å². The summed E-state index contributed by atoms with van der Waals surface area (Å²) in [6, 6.07) is 3.97. The summed E-state index contributed by atoms with van der Waals surface area (Å²) >= 11 is 4.04. The summed E-state index contributed by atoms with van der Waals surface area (Å²) in [6.07, 6.45) is 1.47. The third-order valence-electron chi connectivity index (χ3n) is 3.66. The zero-order chi connectivity index (χ0) is 20.8. The Kier molecular flexibility index (Phi) is 7.64. The predicted octanol–water partition coefficient (Wildman–Crippen LogP) is 2.99. The van der Waals surface area contributed by atoms with Crippen LogP contribution in [-0.2, 0) is 23.9 Å². The molecule has 28 heavy (non-hydrogen) atoms. The number of imide groups is 1. The first-order valence-electron chi connectivity index (χ1n) is 8.21. The molecule has 2 rings (SSSR count). The first kappa shape index (κ1) is 22.0. The Morgan fingerprint density at radius 1 is 1.32 bits per heavy atom. The van der Waals surface area contributed by atoms with E-state index in [2.05, 4.69) is 20.7 Å². The number of esters is 2. The number of carbonyl (C=O) groups is 4. The molecule has 10 heteroatoms. The second-order valence-electron chi connectivity index (χ2n) is 5.53. The lowest BCUT2D eigenvalue weighted by Crippen LogP contribution is -2.42. The summed E-state index contributed by atoms with van der Waals surface area (Å²) in [6.45, 7) is 3.05. The van der Waals surface area contributed by atoms with Gasteiger partial charge in [-0.3, -0.25) is 14.5 Å². The van der Waals surface area contributed by atoms with Gasteiger partial charge in [-0.2, -0.15) is 0 Å². The molecule has 1 heterocycles. The average Bonchev–Trinajstić information content (AvgIpc) is 2.93. The van der Waals surface area contributed by atoms with Crippen LogP contribution < -0.4 is 4.74 Å². The molecular formula is C18H18BrNO7S. The number of nitrogens with zero attached hydrogens (tertiary/aromatic N) is 1. The van der Waals surface area contributed by atoms with Gasteiger partial charge < -0.3 is 14.2 Å². The number of ether oxygens (including phenoxy) is 3. The third-order valence-corrected chi connectivity index (χ3v) is 5.04. The van der Waals surface area contributed by atoms with Crippen molar-refractivity contribution in [3.8, 4) is 5.75 Å². The van der Waals surface area contributed by atoms with Gasteiger partial charge in [-0.05, 0) is 49.9 Å². The summed E-state index contributed by atoms with van der Waals surface area (Å²) in [7, 11) is 1.18. The van der Waals surface area contributed by atoms with Gasteiger partial charge in [-0.25, -0.2) is 9.59 Å². The van der Waals surface area contributed by atoms with Crippen molar-refractivity contribution < 1.29 is 33.4 Å². The van der Waals surface area contributed by atoms with Crippen LogP contribution >= 0.6 is 27.7 Å². The van der Waals surface area contributed by atoms with E-state index in [9.17, 15) is 19.2 Å². The van der Waals surface area contributed by atoms with Gasteiger partial charge in [0.25, 0.3) is 11.1 Å². The Morgan fingerprint density at radius 2 is 2.04 bits per heavy atom. The number of hydrogen-bond donors (Lipinski definition) is 0. The Hall–Kier alpha value is -2.33. The van der Waals surface area contributed by atoms with E-state index in [4.69, 9.17) is 9.47 Å². The number of carbonyl (C=O) groups excluding carboxylic acids is 4. The highest BCUT2D eigenvalue weighted by Crippen LogP contribution is 2.36. The van der Waals surface area contributed by atoms with Gasteiger partial charge in [0, 0.05) is 10.0 Å². The fraction of sp³-hybridized carbons (Fsp3) is 0.333. The zero-order valence-corrected chi connectivity index (χ0v) is 17.8. The van der Waals surface area contributed by atoms with Crippen LogP contribution in [0.5, 0.6) is 5.75 Å². The predicted molar refractivity (Wildman–Crippen MR) is 106 cm³/mol. The van der Waals surface area contributed by atoms with Crippen molar-refractivity contribution in [1.29, 1.82) is 0 Å². The van der Waals surface area contributed by atoms with Gasteiger partial charge in [0.05, 0.1) is 18.6 Å². The maximum atomic E-state index is 12.6. The van der Waals surface area contributed by atoms with Gasteiger partial charge in [0.1, 0.15) is 11.8 Å². The van der Waals surface area contributed by atoms with Crippen LogP contribution in [-0.4, -0.2) is 54.4 Å². The van der Waals surface area contributed by atoms with Crippen LogP contribution in [0.2, 0.25) is 0 Å². The zero-order valence-electron chi connectivity index (χ0n) is 15.4. The lowest BCUT2D eigenvalue weighted by Gasteiger charge is -2.18. The quantitative estimate of drug-likeness (QED) is 0.441. The minimum absolute atomic E-state index is 0.125. The summed E-state index contributed by atoms with van der Waals surface area (Å²) in [5, 5.41) is -0.571. The van der Waals surface area contributed by atoms with E-state index in [0.717, 1.165) is 4.90 Å². The van der Waals surface area contributed by atoms with Crippen LogP contribution in [0.3, 0.4) is 0 Å². The molecular weight excluding hydrogens is 454 g/mol. The highest BCUT2D eigenvalue weighted by atomic mass is 79.9. The molecule has 0 radical (unpaired) electrons. The molecule has 1 aromatic rings. The molecule has 0 aromatic heterocycles. The van der Waals surface area contributed by atoms with Crippen molar-refractivity contribution in [1.82, 2.24) is 4.90 Å². The fourth-order valence-corrected chi connectivity index (χ4v) is 3.61. The van der Waals surface area contributed by atoms with E-state index in [1.807, 2.05) is 0 Å². The first-order valence-corrected chi connectivity index (χ1v) is 9.82. The molecule has 1 aromatic carbocycles. The number of thioether (sulfide) groups is 1. The topological polar surface area (TPSA) is 99.2 Å². The average molecular weight is 472 g/mol. The summed E-state index contributed by atoms with van der Waals surface area (Å²) < 4.78 is 15.6. The maximum Gasteiger partial charge on any atom is 0.344 e. The van der Waals surface area contributed by atoms with E-state index in [1.165, 1.54) is 20.1 Å². The Morgan fingerprint density at radius 3 is 2.68 bits per heavy atom. The van der Waals surface area contributed by atoms with E-state index >= 15 is 0 Å². The van der Waals surface area contributed by atoms with Gasteiger partial charge in [-0.1, -0.05) is 15.9 Å². The van der Waals surface area contributed by atoms with Crippen molar-refractivity contribution >= 4 is 56.9 Å². The molecule has 0 spiro atoms. The molecule has 1 aliphatic heterocycles. The van der Waals surface area contributed by atoms with Crippen molar-refractivity contribution in [3.63, 3.8) is 0 Å². The fourth-order valence-electron chi connectivity index (χ4n) is 2.33. The van der Waals surface area contributed by atoms with Gasteiger partial charge in [0.2, 0.25) is 0 Å². The molecule has 0 unspecified atom stereocenters. The molecule has 0 aliphatic carbocycles. The number of benzene rings is 1. The standard InChI is InChI=1S/C18H18BrNO7S/c1-4-26-15(21)9-27-13-6-5-12(19)7-11(13)8-14-16(22)20(18(24)28-14)10(2)17(23)25-3/h5-8,10H,4,9H2,1-3H3/b14-8+/t10-/m0/s1. The number of amides is 2.